The number of benzene rings is 1. The van der Waals surface area contributed by atoms with Crippen LogP contribution in [0.5, 0.6) is 5.75 Å². The van der Waals surface area contributed by atoms with Crippen LogP contribution >= 0.6 is 15.9 Å². The lowest BCUT2D eigenvalue weighted by atomic mass is 10.2. The molecule has 1 unspecified atom stereocenters. The quantitative estimate of drug-likeness (QED) is 0.852. The van der Waals surface area contributed by atoms with E-state index in [9.17, 15) is 4.79 Å². The third-order valence-electron chi connectivity index (χ3n) is 2.17. The summed E-state index contributed by atoms with van der Waals surface area (Å²) in [5, 5.41) is 8.92. The number of nitriles is 1. The molecule has 3 nitrogen and oxygen atoms in total. The van der Waals surface area contributed by atoms with Gasteiger partial charge >= 0.3 is 0 Å². The number of nitrogens with zero attached hydrogens (tertiary/aromatic N) is 1. The molecule has 0 aromatic heterocycles. The number of hydrogen-bond acceptors (Lipinski definition) is 3. The summed E-state index contributed by atoms with van der Waals surface area (Å²) in [4.78, 5) is 11.4. The van der Waals surface area contributed by atoms with E-state index in [0.29, 0.717) is 17.7 Å². The predicted octanol–water partition coefficient (Wildman–Crippen LogP) is 3.07. The van der Waals surface area contributed by atoms with E-state index in [1.54, 1.807) is 32.0 Å². The van der Waals surface area contributed by atoms with Gasteiger partial charge in [0.05, 0.1) is 5.56 Å². The lowest BCUT2D eigenvalue weighted by molar-refractivity contribution is -0.124. The van der Waals surface area contributed by atoms with E-state index in [1.165, 1.54) is 0 Å². The van der Waals surface area contributed by atoms with E-state index in [-0.39, 0.29) is 5.78 Å². The Morgan fingerprint density at radius 2 is 2.31 bits per heavy atom. The van der Waals surface area contributed by atoms with Crippen molar-refractivity contribution in [3.63, 3.8) is 0 Å². The molecule has 0 aliphatic heterocycles. The highest BCUT2D eigenvalue weighted by Gasteiger charge is 2.14. The fraction of sp³-hybridized carbons (Fsp3) is 0.333. The Balaban J connectivity index is 2.90. The number of Topliss-reactive ketones (excluding diaryl/α,β-unsaturated/α-hetero) is 1. The minimum Gasteiger partial charge on any atom is -0.482 e. The highest BCUT2D eigenvalue weighted by Crippen LogP contribution is 2.23. The van der Waals surface area contributed by atoms with Gasteiger partial charge in [0.2, 0.25) is 0 Å². The summed E-state index contributed by atoms with van der Waals surface area (Å²) < 4.78 is 6.26. The first kappa shape index (κ1) is 12.7. The van der Waals surface area contributed by atoms with Crippen LogP contribution in [0.4, 0.5) is 0 Å². The third-order valence-corrected chi connectivity index (χ3v) is 2.66. The van der Waals surface area contributed by atoms with Crippen molar-refractivity contribution in [3.8, 4) is 11.8 Å². The smallest absolute Gasteiger partial charge is 0.172 e. The van der Waals surface area contributed by atoms with E-state index in [1.807, 2.05) is 6.07 Å². The monoisotopic (exact) mass is 281 g/mol. The van der Waals surface area contributed by atoms with Gasteiger partial charge in [0.15, 0.2) is 11.9 Å². The fourth-order valence-corrected chi connectivity index (χ4v) is 1.60. The summed E-state index contributed by atoms with van der Waals surface area (Å²) in [6, 6.07) is 7.16. The Morgan fingerprint density at radius 3 is 2.88 bits per heavy atom. The molecule has 0 fully saturated rings. The van der Waals surface area contributed by atoms with Gasteiger partial charge in [-0.15, -0.1) is 0 Å². The number of rotatable bonds is 4. The third kappa shape index (κ3) is 3.07. The molecule has 0 bridgehead atoms. The first-order valence-electron chi connectivity index (χ1n) is 4.97. The van der Waals surface area contributed by atoms with E-state index >= 15 is 0 Å². The van der Waals surface area contributed by atoms with Gasteiger partial charge in [-0.1, -0.05) is 22.9 Å². The van der Waals surface area contributed by atoms with Crippen molar-refractivity contribution in [2.45, 2.75) is 26.4 Å². The van der Waals surface area contributed by atoms with Gasteiger partial charge < -0.3 is 4.74 Å². The largest absolute Gasteiger partial charge is 0.482 e. The number of ketones is 1. The Morgan fingerprint density at radius 1 is 1.62 bits per heavy atom. The number of carbonyl (C=O) groups excluding carboxylic acids is 1. The molecule has 1 aromatic rings. The first-order chi connectivity index (χ1) is 7.58. The molecule has 0 amide bonds. The fourth-order valence-electron chi connectivity index (χ4n) is 1.24. The maximum absolute atomic E-state index is 11.4. The van der Waals surface area contributed by atoms with Gasteiger partial charge in [-0.05, 0) is 25.1 Å². The number of hydrogen-bond donors (Lipinski definition) is 0. The zero-order chi connectivity index (χ0) is 12.1. The van der Waals surface area contributed by atoms with Gasteiger partial charge in [0.25, 0.3) is 0 Å². The summed E-state index contributed by atoms with van der Waals surface area (Å²) >= 11 is 3.27. The van der Waals surface area contributed by atoms with E-state index in [4.69, 9.17) is 10.00 Å². The van der Waals surface area contributed by atoms with Gasteiger partial charge in [0.1, 0.15) is 11.8 Å². The normalized spacial score (nSPS) is 11.6. The molecule has 0 aliphatic rings. The molecule has 1 atom stereocenters. The second-order valence-electron chi connectivity index (χ2n) is 3.33. The average molecular weight is 282 g/mol. The zero-order valence-corrected chi connectivity index (χ0v) is 10.7. The summed E-state index contributed by atoms with van der Waals surface area (Å²) in [5.74, 6) is 0.465. The van der Waals surface area contributed by atoms with Crippen LogP contribution < -0.4 is 4.74 Å². The highest BCUT2D eigenvalue weighted by molar-refractivity contribution is 9.10. The molecule has 0 radical (unpaired) electrons. The molecule has 0 spiro atoms. The zero-order valence-electron chi connectivity index (χ0n) is 9.16. The van der Waals surface area contributed by atoms with Crippen LogP contribution in [0.2, 0.25) is 0 Å². The minimum atomic E-state index is -0.515. The van der Waals surface area contributed by atoms with Crippen LogP contribution in [0.15, 0.2) is 22.7 Å². The molecule has 84 valence electrons. The predicted molar refractivity (Wildman–Crippen MR) is 64.2 cm³/mol. The summed E-state index contributed by atoms with van der Waals surface area (Å²) in [5.41, 5.74) is 0.421. The van der Waals surface area contributed by atoms with Gasteiger partial charge in [-0.25, -0.2) is 0 Å². The Bertz CT molecular complexity index is 437. The van der Waals surface area contributed by atoms with Crippen LogP contribution in [0.3, 0.4) is 0 Å². The molecular formula is C12H12BrNO2. The average Bonchev–Trinajstić information content (AvgIpc) is 2.30. The van der Waals surface area contributed by atoms with Crippen LogP contribution in [0, 0.1) is 11.3 Å². The first-order valence-corrected chi connectivity index (χ1v) is 5.76. The van der Waals surface area contributed by atoms with Gasteiger partial charge in [0, 0.05) is 10.9 Å². The second kappa shape index (κ2) is 5.66. The van der Waals surface area contributed by atoms with Gasteiger partial charge in [-0.2, -0.15) is 5.26 Å². The molecule has 0 saturated carbocycles. The molecule has 16 heavy (non-hydrogen) atoms. The Labute approximate surface area is 103 Å². The highest BCUT2D eigenvalue weighted by atomic mass is 79.9. The van der Waals surface area contributed by atoms with Crippen LogP contribution in [-0.4, -0.2) is 11.9 Å². The molecule has 0 saturated heterocycles. The van der Waals surface area contributed by atoms with Crippen molar-refractivity contribution < 1.29 is 9.53 Å². The molecule has 0 heterocycles. The molecule has 0 aliphatic carbocycles. The molecule has 0 N–H and O–H groups in total. The molecule has 1 rings (SSSR count). The van der Waals surface area contributed by atoms with Crippen molar-refractivity contribution in [1.29, 1.82) is 5.26 Å². The maximum Gasteiger partial charge on any atom is 0.172 e. The van der Waals surface area contributed by atoms with Crippen molar-refractivity contribution in [2.24, 2.45) is 0 Å². The molecular weight excluding hydrogens is 270 g/mol. The molecule has 4 heteroatoms. The number of halogens is 1. The number of ether oxygens (including phenoxy) is 1. The van der Waals surface area contributed by atoms with E-state index < -0.39 is 6.10 Å². The Hall–Kier alpha value is -1.34. The maximum atomic E-state index is 11.4. The van der Waals surface area contributed by atoms with Crippen molar-refractivity contribution >= 4 is 21.7 Å². The standard InChI is InChI=1S/C12H12BrNO2/c1-3-11(15)8(2)16-12-5-4-10(13)6-9(12)7-14/h4-6,8H,3H2,1-2H3. The van der Waals surface area contributed by atoms with Gasteiger partial charge in [-0.3, -0.25) is 4.79 Å². The van der Waals surface area contributed by atoms with Crippen molar-refractivity contribution in [3.05, 3.63) is 28.2 Å². The summed E-state index contributed by atoms with van der Waals surface area (Å²) in [6.07, 6.45) is -0.0853. The summed E-state index contributed by atoms with van der Waals surface area (Å²) in [7, 11) is 0. The van der Waals surface area contributed by atoms with Crippen LogP contribution in [0.1, 0.15) is 25.8 Å². The lowest BCUT2D eigenvalue weighted by Gasteiger charge is -2.13. The topological polar surface area (TPSA) is 50.1 Å². The number of carbonyl (C=O) groups is 1. The summed E-state index contributed by atoms with van der Waals surface area (Å²) in [6.45, 7) is 3.48. The van der Waals surface area contributed by atoms with Crippen molar-refractivity contribution in [1.82, 2.24) is 0 Å². The second-order valence-corrected chi connectivity index (χ2v) is 4.25. The van der Waals surface area contributed by atoms with Crippen molar-refractivity contribution in [2.75, 3.05) is 0 Å². The minimum absolute atomic E-state index is 0.0202. The Kier molecular flexibility index (Phi) is 4.51. The SMILES string of the molecule is CCC(=O)C(C)Oc1ccc(Br)cc1C#N. The van der Waals surface area contributed by atoms with Crippen LogP contribution in [0.25, 0.3) is 0 Å². The van der Waals surface area contributed by atoms with Crippen LogP contribution in [-0.2, 0) is 4.79 Å². The lowest BCUT2D eigenvalue weighted by Crippen LogP contribution is -2.23. The molecule has 1 aromatic carbocycles. The van der Waals surface area contributed by atoms with E-state index in [0.717, 1.165) is 4.47 Å². The van der Waals surface area contributed by atoms with E-state index in [2.05, 4.69) is 15.9 Å².